The maximum absolute atomic E-state index is 12.2. The van der Waals surface area contributed by atoms with Gasteiger partial charge in [0.05, 0.1) is 0 Å². The van der Waals surface area contributed by atoms with Crippen LogP contribution >= 0.6 is 12.4 Å². The van der Waals surface area contributed by atoms with Gasteiger partial charge in [-0.3, -0.25) is 9.59 Å². The molecule has 0 aromatic heterocycles. The minimum absolute atomic E-state index is 0. The van der Waals surface area contributed by atoms with E-state index in [0.29, 0.717) is 18.8 Å². The van der Waals surface area contributed by atoms with Gasteiger partial charge in [0.25, 0.3) is 0 Å². The van der Waals surface area contributed by atoms with Crippen LogP contribution in [0.5, 0.6) is 5.75 Å². The van der Waals surface area contributed by atoms with E-state index in [1.807, 2.05) is 6.92 Å². The van der Waals surface area contributed by atoms with Crippen LogP contribution < -0.4 is 21.1 Å². The van der Waals surface area contributed by atoms with Crippen LogP contribution in [-0.2, 0) is 9.59 Å². The molecule has 1 aromatic carbocycles. The zero-order valence-corrected chi connectivity index (χ0v) is 16.1. The Morgan fingerprint density at radius 1 is 1.19 bits per heavy atom. The van der Waals surface area contributed by atoms with Crippen LogP contribution in [0.3, 0.4) is 0 Å². The molecule has 0 aliphatic heterocycles. The first-order valence-electron chi connectivity index (χ1n) is 9.11. The topological polar surface area (TPSA) is 93.4 Å². The minimum atomic E-state index is -0.179. The highest BCUT2D eigenvalue weighted by Crippen LogP contribution is 2.23. The summed E-state index contributed by atoms with van der Waals surface area (Å²) < 4.78 is 5.40. The van der Waals surface area contributed by atoms with E-state index in [1.165, 1.54) is 6.42 Å². The molecule has 1 unspecified atom stereocenters. The lowest BCUT2D eigenvalue weighted by molar-refractivity contribution is -0.126. The zero-order valence-electron chi connectivity index (χ0n) is 15.3. The number of nitrogens with two attached hydrogens (primary N) is 1. The third kappa shape index (κ3) is 7.62. The van der Waals surface area contributed by atoms with Gasteiger partial charge in [0.15, 0.2) is 0 Å². The van der Waals surface area contributed by atoms with Gasteiger partial charge >= 0.3 is 0 Å². The van der Waals surface area contributed by atoms with Crippen molar-refractivity contribution in [2.24, 2.45) is 11.7 Å². The molecule has 0 bridgehead atoms. The van der Waals surface area contributed by atoms with E-state index in [0.717, 1.165) is 31.4 Å². The monoisotopic (exact) mass is 383 g/mol. The number of halogens is 1. The Morgan fingerprint density at radius 3 is 2.46 bits per heavy atom. The second kappa shape index (κ2) is 11.8. The first kappa shape index (κ1) is 22.3. The molecule has 1 atom stereocenters. The van der Waals surface area contributed by atoms with Crippen LogP contribution in [0.4, 0.5) is 5.69 Å². The standard InChI is InChI=1S/C19H29N3O3.ClH/c1-14(21-19(24)15-5-3-2-4-6-15)13-18(23)22-16-7-9-17(10-8-16)25-12-11-20;/h7-10,14-15H,2-6,11-13,20H2,1H3,(H,21,24)(H,22,23);1H. The van der Waals surface area contributed by atoms with Crippen molar-refractivity contribution >= 4 is 29.9 Å². The Labute approximate surface area is 161 Å². The molecule has 146 valence electrons. The summed E-state index contributed by atoms with van der Waals surface area (Å²) in [4.78, 5) is 24.3. The fourth-order valence-electron chi connectivity index (χ4n) is 3.08. The van der Waals surface area contributed by atoms with Crippen molar-refractivity contribution in [1.29, 1.82) is 0 Å². The van der Waals surface area contributed by atoms with E-state index >= 15 is 0 Å². The summed E-state index contributed by atoms with van der Waals surface area (Å²) in [5.41, 5.74) is 6.09. The number of anilines is 1. The normalized spacial score (nSPS) is 15.5. The van der Waals surface area contributed by atoms with Gasteiger partial charge in [0, 0.05) is 30.6 Å². The van der Waals surface area contributed by atoms with Crippen molar-refractivity contribution in [3.63, 3.8) is 0 Å². The number of rotatable bonds is 8. The first-order valence-corrected chi connectivity index (χ1v) is 9.11. The van der Waals surface area contributed by atoms with E-state index in [2.05, 4.69) is 10.6 Å². The summed E-state index contributed by atoms with van der Waals surface area (Å²) in [6.45, 7) is 2.79. The van der Waals surface area contributed by atoms with Gasteiger partial charge < -0.3 is 21.1 Å². The fourth-order valence-corrected chi connectivity index (χ4v) is 3.08. The highest BCUT2D eigenvalue weighted by atomic mass is 35.5. The molecule has 0 saturated heterocycles. The Morgan fingerprint density at radius 2 is 1.85 bits per heavy atom. The number of hydrogen-bond acceptors (Lipinski definition) is 4. The van der Waals surface area contributed by atoms with Gasteiger partial charge in [-0.25, -0.2) is 0 Å². The molecule has 0 radical (unpaired) electrons. The molecule has 4 N–H and O–H groups in total. The average Bonchev–Trinajstić information content (AvgIpc) is 2.61. The lowest BCUT2D eigenvalue weighted by Crippen LogP contribution is -2.39. The third-order valence-electron chi connectivity index (χ3n) is 4.38. The van der Waals surface area contributed by atoms with Gasteiger partial charge in [-0.1, -0.05) is 19.3 Å². The van der Waals surface area contributed by atoms with Crippen molar-refractivity contribution < 1.29 is 14.3 Å². The number of benzene rings is 1. The third-order valence-corrected chi connectivity index (χ3v) is 4.38. The number of nitrogens with one attached hydrogen (secondary N) is 2. The number of carbonyl (C=O) groups is 2. The van der Waals surface area contributed by atoms with Crippen molar-refractivity contribution in [2.45, 2.75) is 51.5 Å². The van der Waals surface area contributed by atoms with Crippen LogP contribution in [0.25, 0.3) is 0 Å². The van der Waals surface area contributed by atoms with E-state index in [9.17, 15) is 9.59 Å². The molecule has 1 aromatic rings. The van der Waals surface area contributed by atoms with Crippen molar-refractivity contribution in [2.75, 3.05) is 18.5 Å². The molecule has 7 heteroatoms. The molecule has 1 aliphatic rings. The smallest absolute Gasteiger partial charge is 0.226 e. The van der Waals surface area contributed by atoms with E-state index in [-0.39, 0.29) is 42.6 Å². The zero-order chi connectivity index (χ0) is 18.1. The Kier molecular flexibility index (Phi) is 10.1. The van der Waals surface area contributed by atoms with Crippen LogP contribution in [0, 0.1) is 5.92 Å². The van der Waals surface area contributed by atoms with Gasteiger partial charge in [-0.05, 0) is 44.0 Å². The molecule has 26 heavy (non-hydrogen) atoms. The molecule has 6 nitrogen and oxygen atoms in total. The van der Waals surface area contributed by atoms with Crippen molar-refractivity contribution in [3.05, 3.63) is 24.3 Å². The highest BCUT2D eigenvalue weighted by Gasteiger charge is 2.22. The van der Waals surface area contributed by atoms with Crippen molar-refractivity contribution in [3.8, 4) is 5.75 Å². The van der Waals surface area contributed by atoms with Gasteiger partial charge in [0.1, 0.15) is 12.4 Å². The molecule has 2 amide bonds. The van der Waals surface area contributed by atoms with Gasteiger partial charge in [-0.15, -0.1) is 12.4 Å². The molecule has 1 fully saturated rings. The minimum Gasteiger partial charge on any atom is -0.492 e. The second-order valence-corrected chi connectivity index (χ2v) is 6.66. The lowest BCUT2D eigenvalue weighted by atomic mass is 9.88. The molecule has 1 aliphatic carbocycles. The largest absolute Gasteiger partial charge is 0.492 e. The van der Waals surface area contributed by atoms with Crippen molar-refractivity contribution in [1.82, 2.24) is 5.32 Å². The SMILES string of the molecule is CC(CC(=O)Nc1ccc(OCCN)cc1)NC(=O)C1CCCCC1.Cl. The highest BCUT2D eigenvalue weighted by molar-refractivity contribution is 5.91. The summed E-state index contributed by atoms with van der Waals surface area (Å²) in [5, 5.41) is 5.81. The van der Waals surface area contributed by atoms with Crippen LogP contribution in [0.15, 0.2) is 24.3 Å². The predicted octanol–water partition coefficient (Wildman–Crippen LogP) is 2.86. The Hall–Kier alpha value is -1.79. The lowest BCUT2D eigenvalue weighted by Gasteiger charge is -2.23. The fraction of sp³-hybridized carbons (Fsp3) is 0.579. The van der Waals surface area contributed by atoms with Crippen LogP contribution in [-0.4, -0.2) is 31.0 Å². The van der Waals surface area contributed by atoms with E-state index in [1.54, 1.807) is 24.3 Å². The molecular weight excluding hydrogens is 354 g/mol. The quantitative estimate of drug-likeness (QED) is 0.643. The summed E-state index contributed by atoms with van der Waals surface area (Å²) >= 11 is 0. The molecule has 1 saturated carbocycles. The summed E-state index contributed by atoms with van der Waals surface area (Å²) in [7, 11) is 0. The number of hydrogen-bond donors (Lipinski definition) is 3. The number of amides is 2. The summed E-state index contributed by atoms with van der Waals surface area (Å²) in [6, 6.07) is 6.98. The maximum atomic E-state index is 12.2. The Balaban J connectivity index is 0.00000338. The van der Waals surface area contributed by atoms with E-state index in [4.69, 9.17) is 10.5 Å². The molecule has 2 rings (SSSR count). The molecule has 0 spiro atoms. The molecule has 0 heterocycles. The summed E-state index contributed by atoms with van der Waals surface area (Å²) in [5.74, 6) is 0.797. The van der Waals surface area contributed by atoms with Gasteiger partial charge in [0.2, 0.25) is 11.8 Å². The first-order chi connectivity index (χ1) is 12.1. The number of ether oxygens (including phenoxy) is 1. The van der Waals surface area contributed by atoms with Crippen LogP contribution in [0.2, 0.25) is 0 Å². The van der Waals surface area contributed by atoms with Gasteiger partial charge in [-0.2, -0.15) is 0 Å². The van der Waals surface area contributed by atoms with E-state index < -0.39 is 0 Å². The summed E-state index contributed by atoms with van der Waals surface area (Å²) in [6.07, 6.45) is 5.64. The average molecular weight is 384 g/mol. The predicted molar refractivity (Wildman–Crippen MR) is 106 cm³/mol. The maximum Gasteiger partial charge on any atom is 0.226 e. The second-order valence-electron chi connectivity index (χ2n) is 6.66. The molecular formula is C19H30ClN3O3. The van der Waals surface area contributed by atoms with Crippen LogP contribution in [0.1, 0.15) is 45.4 Å². The number of carbonyl (C=O) groups excluding carboxylic acids is 2. The Bertz CT molecular complexity index is 560.